The Kier molecular flexibility index (Phi) is 5.46. The van der Waals surface area contributed by atoms with E-state index in [4.69, 9.17) is 0 Å². The Morgan fingerprint density at radius 2 is 2.04 bits per heavy atom. The van der Waals surface area contributed by atoms with Gasteiger partial charge in [0.2, 0.25) is 5.95 Å². The van der Waals surface area contributed by atoms with E-state index in [1.165, 1.54) is 0 Å². The molecule has 27 heavy (non-hydrogen) atoms. The van der Waals surface area contributed by atoms with Crippen molar-refractivity contribution in [2.45, 2.75) is 45.9 Å². The molecular formula is C19H26N6O2. The number of benzene rings is 1. The van der Waals surface area contributed by atoms with E-state index in [9.17, 15) is 10.2 Å². The molecule has 4 N–H and O–H groups in total. The fraction of sp³-hybridized carbons (Fsp3) is 0.421. The molecule has 3 rings (SSSR count). The van der Waals surface area contributed by atoms with Gasteiger partial charge in [0.15, 0.2) is 17.0 Å². The van der Waals surface area contributed by atoms with E-state index in [-0.39, 0.29) is 11.8 Å². The van der Waals surface area contributed by atoms with E-state index in [0.717, 1.165) is 17.5 Å². The van der Waals surface area contributed by atoms with Crippen LogP contribution in [-0.4, -0.2) is 41.9 Å². The third-order valence-corrected chi connectivity index (χ3v) is 4.66. The van der Waals surface area contributed by atoms with Gasteiger partial charge in [0.1, 0.15) is 5.75 Å². The number of para-hydroxylation sites is 1. The molecule has 0 radical (unpaired) electrons. The summed E-state index contributed by atoms with van der Waals surface area (Å²) in [4.78, 5) is 13.5. The predicted molar refractivity (Wildman–Crippen MR) is 106 cm³/mol. The van der Waals surface area contributed by atoms with Crippen molar-refractivity contribution in [3.63, 3.8) is 0 Å². The Balaban J connectivity index is 1.92. The zero-order valence-corrected chi connectivity index (χ0v) is 16.1. The lowest BCUT2D eigenvalue weighted by Gasteiger charge is -2.20. The molecule has 3 aromatic rings. The standard InChI is InChI=1S/C19H26N6O2/c1-5-14(12(3)26)22-19-23-17(15-18(24-19)25(4)10-21-15)20-9-13-8-6-7-11(2)16(13)27/h6-8,10,12,14,26-27H,5,9H2,1-4H3,(H2,20,22,23,24). The molecular weight excluding hydrogens is 344 g/mol. The highest BCUT2D eigenvalue weighted by Gasteiger charge is 2.17. The van der Waals surface area contributed by atoms with Crippen LogP contribution in [0.4, 0.5) is 11.8 Å². The number of aryl methyl sites for hydroxylation is 2. The van der Waals surface area contributed by atoms with Crippen LogP contribution >= 0.6 is 0 Å². The number of fused-ring (bicyclic) bond motifs is 1. The number of phenols is 1. The maximum atomic E-state index is 10.2. The molecule has 0 aliphatic heterocycles. The number of imidazole rings is 1. The predicted octanol–water partition coefficient (Wildman–Crippen LogP) is 2.56. The number of nitrogens with zero attached hydrogens (tertiary/aromatic N) is 4. The summed E-state index contributed by atoms with van der Waals surface area (Å²) in [6, 6.07) is 5.49. The zero-order chi connectivity index (χ0) is 19.6. The second kappa shape index (κ2) is 7.79. The highest BCUT2D eigenvalue weighted by molar-refractivity contribution is 5.84. The normalized spacial score (nSPS) is 13.5. The van der Waals surface area contributed by atoms with Crippen molar-refractivity contribution in [1.82, 2.24) is 19.5 Å². The molecule has 0 bridgehead atoms. The molecule has 0 fully saturated rings. The molecule has 144 valence electrons. The van der Waals surface area contributed by atoms with Gasteiger partial charge in [0.05, 0.1) is 18.5 Å². The van der Waals surface area contributed by atoms with Gasteiger partial charge in [-0.1, -0.05) is 25.1 Å². The second-order valence-electron chi connectivity index (χ2n) is 6.76. The molecule has 2 aromatic heterocycles. The lowest BCUT2D eigenvalue weighted by Crippen LogP contribution is -2.31. The molecule has 0 aliphatic carbocycles. The summed E-state index contributed by atoms with van der Waals surface area (Å²) >= 11 is 0. The number of aliphatic hydroxyl groups is 1. The molecule has 0 spiro atoms. The molecule has 0 aliphatic rings. The lowest BCUT2D eigenvalue weighted by molar-refractivity contribution is 0.169. The Hall–Kier alpha value is -2.87. The minimum Gasteiger partial charge on any atom is -0.507 e. The average Bonchev–Trinajstić information content (AvgIpc) is 3.01. The van der Waals surface area contributed by atoms with Crippen LogP contribution in [0, 0.1) is 6.92 Å². The van der Waals surface area contributed by atoms with Crippen molar-refractivity contribution in [3.8, 4) is 5.75 Å². The van der Waals surface area contributed by atoms with Crippen LogP contribution in [0.1, 0.15) is 31.4 Å². The van der Waals surface area contributed by atoms with Gasteiger partial charge in [-0.3, -0.25) is 0 Å². The molecule has 0 amide bonds. The number of nitrogens with one attached hydrogen (secondary N) is 2. The van der Waals surface area contributed by atoms with E-state index in [1.54, 1.807) is 13.3 Å². The smallest absolute Gasteiger partial charge is 0.227 e. The lowest BCUT2D eigenvalue weighted by atomic mass is 10.1. The van der Waals surface area contributed by atoms with Crippen molar-refractivity contribution >= 4 is 22.9 Å². The van der Waals surface area contributed by atoms with Gasteiger partial charge < -0.3 is 25.4 Å². The van der Waals surface area contributed by atoms with E-state index in [1.807, 2.05) is 43.7 Å². The first-order valence-electron chi connectivity index (χ1n) is 9.05. The molecule has 8 heteroatoms. The summed E-state index contributed by atoms with van der Waals surface area (Å²) < 4.78 is 1.82. The van der Waals surface area contributed by atoms with Gasteiger partial charge in [-0.25, -0.2) is 4.98 Å². The molecule has 2 heterocycles. The quantitative estimate of drug-likeness (QED) is 0.506. The fourth-order valence-electron chi connectivity index (χ4n) is 2.97. The summed E-state index contributed by atoms with van der Waals surface area (Å²) in [5.74, 6) is 1.27. The van der Waals surface area contributed by atoms with Crippen LogP contribution in [0.2, 0.25) is 0 Å². The van der Waals surface area contributed by atoms with Gasteiger partial charge >= 0.3 is 0 Å². The first-order valence-corrected chi connectivity index (χ1v) is 9.05. The molecule has 0 saturated carbocycles. The number of aromatic nitrogens is 4. The van der Waals surface area contributed by atoms with Crippen LogP contribution in [-0.2, 0) is 13.6 Å². The van der Waals surface area contributed by atoms with Crippen molar-refractivity contribution < 1.29 is 10.2 Å². The largest absolute Gasteiger partial charge is 0.507 e. The van der Waals surface area contributed by atoms with Crippen molar-refractivity contribution in [1.29, 1.82) is 0 Å². The Labute approximate surface area is 158 Å². The van der Waals surface area contributed by atoms with Crippen LogP contribution in [0.25, 0.3) is 11.2 Å². The Bertz CT molecular complexity index is 937. The Morgan fingerprint density at radius 1 is 1.26 bits per heavy atom. The topological polar surface area (TPSA) is 108 Å². The second-order valence-corrected chi connectivity index (χ2v) is 6.76. The van der Waals surface area contributed by atoms with Crippen molar-refractivity contribution in [2.75, 3.05) is 10.6 Å². The molecule has 8 nitrogen and oxygen atoms in total. The third-order valence-electron chi connectivity index (χ3n) is 4.66. The fourth-order valence-corrected chi connectivity index (χ4v) is 2.97. The van der Waals surface area contributed by atoms with Gasteiger partial charge in [0, 0.05) is 19.2 Å². The van der Waals surface area contributed by atoms with E-state index < -0.39 is 6.10 Å². The minimum atomic E-state index is -0.526. The highest BCUT2D eigenvalue weighted by Crippen LogP contribution is 2.25. The van der Waals surface area contributed by atoms with Crippen LogP contribution in [0.5, 0.6) is 5.75 Å². The van der Waals surface area contributed by atoms with Gasteiger partial charge in [-0.15, -0.1) is 0 Å². The van der Waals surface area contributed by atoms with Gasteiger partial charge in [-0.2, -0.15) is 9.97 Å². The number of rotatable bonds is 7. The first-order chi connectivity index (χ1) is 12.9. The number of aliphatic hydroxyl groups excluding tert-OH is 1. The highest BCUT2D eigenvalue weighted by atomic mass is 16.3. The number of phenolic OH excluding ortho intramolecular Hbond substituents is 1. The van der Waals surface area contributed by atoms with E-state index >= 15 is 0 Å². The number of hydrogen-bond donors (Lipinski definition) is 4. The average molecular weight is 370 g/mol. The minimum absolute atomic E-state index is 0.149. The number of anilines is 2. The number of aromatic hydroxyl groups is 1. The third kappa shape index (κ3) is 3.95. The summed E-state index contributed by atoms with van der Waals surface area (Å²) in [6.45, 7) is 6.00. The molecule has 0 saturated heterocycles. The molecule has 2 atom stereocenters. The van der Waals surface area contributed by atoms with E-state index in [0.29, 0.717) is 29.5 Å². The monoisotopic (exact) mass is 370 g/mol. The summed E-state index contributed by atoms with van der Waals surface area (Å²) in [6.07, 6.45) is 1.90. The van der Waals surface area contributed by atoms with Crippen molar-refractivity contribution in [2.24, 2.45) is 7.05 Å². The molecule has 1 aromatic carbocycles. The number of hydrogen-bond acceptors (Lipinski definition) is 7. The SMILES string of the molecule is CCC(Nc1nc(NCc2cccc(C)c2O)c2ncn(C)c2n1)C(C)O. The van der Waals surface area contributed by atoms with Crippen LogP contribution in [0.15, 0.2) is 24.5 Å². The summed E-state index contributed by atoms with van der Waals surface area (Å²) in [7, 11) is 1.87. The Morgan fingerprint density at radius 3 is 2.74 bits per heavy atom. The molecule has 2 unspecified atom stereocenters. The van der Waals surface area contributed by atoms with E-state index in [2.05, 4.69) is 25.6 Å². The van der Waals surface area contributed by atoms with Crippen LogP contribution < -0.4 is 10.6 Å². The van der Waals surface area contributed by atoms with Crippen molar-refractivity contribution in [3.05, 3.63) is 35.7 Å². The van der Waals surface area contributed by atoms with Crippen LogP contribution in [0.3, 0.4) is 0 Å². The van der Waals surface area contributed by atoms with Gasteiger partial charge in [-0.05, 0) is 25.8 Å². The summed E-state index contributed by atoms with van der Waals surface area (Å²) in [5.41, 5.74) is 2.94. The maximum Gasteiger partial charge on any atom is 0.227 e. The summed E-state index contributed by atoms with van der Waals surface area (Å²) in [5, 5.41) is 26.6. The van der Waals surface area contributed by atoms with Gasteiger partial charge in [0.25, 0.3) is 0 Å². The zero-order valence-electron chi connectivity index (χ0n) is 16.1. The maximum absolute atomic E-state index is 10.2. The first kappa shape index (κ1) is 18.9.